The predicted molar refractivity (Wildman–Crippen MR) is 61.4 cm³/mol. The van der Waals surface area contributed by atoms with Crippen molar-refractivity contribution in [2.75, 3.05) is 7.11 Å². The summed E-state index contributed by atoms with van der Waals surface area (Å²) >= 11 is 0. The van der Waals surface area contributed by atoms with Crippen molar-refractivity contribution >= 4 is 0 Å². The van der Waals surface area contributed by atoms with Gasteiger partial charge in [-0.25, -0.2) is 0 Å². The van der Waals surface area contributed by atoms with Gasteiger partial charge in [0.2, 0.25) is 0 Å². The molecule has 2 nitrogen and oxygen atoms in total. The molecule has 1 aromatic rings. The normalized spacial score (nSPS) is 29.3. The first-order valence-corrected chi connectivity index (χ1v) is 5.00. The fourth-order valence-electron chi connectivity index (χ4n) is 1.89. The van der Waals surface area contributed by atoms with Crippen molar-refractivity contribution in [3.63, 3.8) is 0 Å². The maximum Gasteiger partial charge on any atom is 0.101 e. The van der Waals surface area contributed by atoms with E-state index >= 15 is 0 Å². The number of hydrogen-bond acceptors (Lipinski definition) is 2. The van der Waals surface area contributed by atoms with E-state index in [1.54, 1.807) is 7.11 Å². The molecule has 0 heterocycles. The first-order chi connectivity index (χ1) is 7.27. The quantitative estimate of drug-likeness (QED) is 0.794. The van der Waals surface area contributed by atoms with Crippen molar-refractivity contribution in [3.05, 3.63) is 60.2 Å². The molecule has 0 aromatic heterocycles. The molecule has 2 atom stereocenters. The molecule has 0 saturated carbocycles. The van der Waals surface area contributed by atoms with E-state index in [4.69, 9.17) is 10.5 Å². The zero-order valence-electron chi connectivity index (χ0n) is 8.76. The monoisotopic (exact) mass is 201 g/mol. The second-order valence-corrected chi connectivity index (χ2v) is 3.70. The fraction of sp³-hybridized carbons (Fsp3) is 0.231. The summed E-state index contributed by atoms with van der Waals surface area (Å²) in [5.41, 5.74) is 6.89. The highest BCUT2D eigenvalue weighted by Crippen LogP contribution is 2.28. The van der Waals surface area contributed by atoms with E-state index in [0.29, 0.717) is 0 Å². The van der Waals surface area contributed by atoms with E-state index in [1.165, 1.54) is 0 Å². The van der Waals surface area contributed by atoms with E-state index in [-0.39, 0.29) is 6.10 Å². The van der Waals surface area contributed by atoms with Gasteiger partial charge in [-0.3, -0.25) is 0 Å². The van der Waals surface area contributed by atoms with Gasteiger partial charge in [-0.05, 0) is 5.56 Å². The number of nitrogens with two attached hydrogens (primary N) is 1. The number of benzene rings is 1. The van der Waals surface area contributed by atoms with Gasteiger partial charge in [-0.2, -0.15) is 0 Å². The van der Waals surface area contributed by atoms with Crippen LogP contribution in [0.5, 0.6) is 0 Å². The Morgan fingerprint density at radius 1 is 1.20 bits per heavy atom. The number of hydrogen-bond donors (Lipinski definition) is 1. The van der Waals surface area contributed by atoms with Crippen LogP contribution in [0.2, 0.25) is 0 Å². The van der Waals surface area contributed by atoms with E-state index in [0.717, 1.165) is 5.56 Å². The lowest BCUT2D eigenvalue weighted by atomic mass is 9.82. The van der Waals surface area contributed by atoms with Gasteiger partial charge in [-0.1, -0.05) is 54.6 Å². The van der Waals surface area contributed by atoms with E-state index in [1.807, 2.05) is 54.6 Å². The molecule has 0 amide bonds. The third kappa shape index (κ3) is 1.74. The van der Waals surface area contributed by atoms with Crippen LogP contribution in [0.25, 0.3) is 0 Å². The molecule has 0 aliphatic heterocycles. The molecule has 0 fully saturated rings. The molecule has 2 N–H and O–H groups in total. The molecule has 0 saturated heterocycles. The Balaban J connectivity index is 2.41. The van der Waals surface area contributed by atoms with Gasteiger partial charge in [0.1, 0.15) is 6.10 Å². The number of ether oxygens (including phenoxy) is 1. The first kappa shape index (κ1) is 10.1. The van der Waals surface area contributed by atoms with Crippen LogP contribution in [0.3, 0.4) is 0 Å². The zero-order valence-corrected chi connectivity index (χ0v) is 8.76. The Bertz CT molecular complexity index is 383. The SMILES string of the molecule is CO[C@H]1C=CC=C[C@@]1(N)c1ccccc1. The summed E-state index contributed by atoms with van der Waals surface area (Å²) in [6.07, 6.45) is 7.78. The molecule has 0 spiro atoms. The lowest BCUT2D eigenvalue weighted by molar-refractivity contribution is 0.0889. The van der Waals surface area contributed by atoms with Crippen LogP contribution >= 0.6 is 0 Å². The van der Waals surface area contributed by atoms with Gasteiger partial charge in [0.25, 0.3) is 0 Å². The van der Waals surface area contributed by atoms with Crippen LogP contribution in [0.4, 0.5) is 0 Å². The molecular weight excluding hydrogens is 186 g/mol. The average Bonchev–Trinajstić information content (AvgIpc) is 2.31. The van der Waals surface area contributed by atoms with Crippen LogP contribution in [0.15, 0.2) is 54.6 Å². The molecule has 2 rings (SSSR count). The van der Waals surface area contributed by atoms with Crippen molar-refractivity contribution in [3.8, 4) is 0 Å². The summed E-state index contributed by atoms with van der Waals surface area (Å²) in [6, 6.07) is 10.0. The van der Waals surface area contributed by atoms with E-state index in [9.17, 15) is 0 Å². The van der Waals surface area contributed by atoms with E-state index < -0.39 is 5.54 Å². The molecule has 1 aliphatic carbocycles. The minimum Gasteiger partial charge on any atom is -0.375 e. The summed E-state index contributed by atoms with van der Waals surface area (Å²) in [7, 11) is 1.68. The van der Waals surface area contributed by atoms with Gasteiger partial charge < -0.3 is 10.5 Å². The Hall–Kier alpha value is -1.38. The third-order valence-electron chi connectivity index (χ3n) is 2.77. The molecule has 15 heavy (non-hydrogen) atoms. The van der Waals surface area contributed by atoms with Gasteiger partial charge in [0.15, 0.2) is 0 Å². The van der Waals surface area contributed by atoms with Crippen LogP contribution in [-0.4, -0.2) is 13.2 Å². The van der Waals surface area contributed by atoms with E-state index in [2.05, 4.69) is 0 Å². The zero-order chi connectivity index (χ0) is 10.7. The highest BCUT2D eigenvalue weighted by molar-refractivity contribution is 5.37. The summed E-state index contributed by atoms with van der Waals surface area (Å²) in [5.74, 6) is 0. The van der Waals surface area contributed by atoms with Crippen LogP contribution in [0.1, 0.15) is 5.56 Å². The molecule has 0 radical (unpaired) electrons. The van der Waals surface area contributed by atoms with Gasteiger partial charge in [0, 0.05) is 7.11 Å². The molecule has 78 valence electrons. The van der Waals surface area contributed by atoms with Gasteiger partial charge in [-0.15, -0.1) is 0 Å². The van der Waals surface area contributed by atoms with Crippen molar-refractivity contribution < 1.29 is 4.74 Å². The average molecular weight is 201 g/mol. The van der Waals surface area contributed by atoms with Crippen LogP contribution in [-0.2, 0) is 10.3 Å². The van der Waals surface area contributed by atoms with Crippen molar-refractivity contribution in [2.24, 2.45) is 5.73 Å². The van der Waals surface area contributed by atoms with Gasteiger partial charge in [0.05, 0.1) is 5.54 Å². The summed E-state index contributed by atoms with van der Waals surface area (Å²) in [5, 5.41) is 0. The lowest BCUT2D eigenvalue weighted by Gasteiger charge is -2.34. The Kier molecular flexibility index (Phi) is 2.71. The molecule has 0 bridgehead atoms. The lowest BCUT2D eigenvalue weighted by Crippen LogP contribution is -2.47. The Labute approximate surface area is 90.1 Å². The molecular formula is C13H15NO. The number of rotatable bonds is 2. The Morgan fingerprint density at radius 2 is 1.93 bits per heavy atom. The number of allylic oxidation sites excluding steroid dienone is 2. The molecule has 1 aliphatic rings. The van der Waals surface area contributed by atoms with Gasteiger partial charge >= 0.3 is 0 Å². The summed E-state index contributed by atoms with van der Waals surface area (Å²) < 4.78 is 5.40. The second-order valence-electron chi connectivity index (χ2n) is 3.70. The first-order valence-electron chi connectivity index (χ1n) is 5.00. The third-order valence-corrected chi connectivity index (χ3v) is 2.77. The highest BCUT2D eigenvalue weighted by Gasteiger charge is 2.33. The topological polar surface area (TPSA) is 35.2 Å². The minimum absolute atomic E-state index is 0.107. The summed E-state index contributed by atoms with van der Waals surface area (Å²) in [6.45, 7) is 0. The smallest absolute Gasteiger partial charge is 0.101 e. The minimum atomic E-state index is -0.551. The number of methoxy groups -OCH3 is 1. The van der Waals surface area contributed by atoms with Crippen molar-refractivity contribution in [1.82, 2.24) is 0 Å². The fourth-order valence-corrected chi connectivity index (χ4v) is 1.89. The summed E-state index contributed by atoms with van der Waals surface area (Å²) in [4.78, 5) is 0. The van der Waals surface area contributed by atoms with Crippen LogP contribution < -0.4 is 5.73 Å². The predicted octanol–water partition coefficient (Wildman–Crippen LogP) is 1.98. The van der Waals surface area contributed by atoms with Crippen molar-refractivity contribution in [1.29, 1.82) is 0 Å². The van der Waals surface area contributed by atoms with Crippen LogP contribution in [0, 0.1) is 0 Å². The second kappa shape index (κ2) is 4.01. The maximum atomic E-state index is 6.37. The molecule has 2 heteroatoms. The Morgan fingerprint density at radius 3 is 2.60 bits per heavy atom. The largest absolute Gasteiger partial charge is 0.375 e. The highest BCUT2D eigenvalue weighted by atomic mass is 16.5. The standard InChI is InChI=1S/C13H15NO/c1-15-12-9-5-6-10-13(12,14)11-7-3-2-4-8-11/h2-10,12H,14H2,1H3/t12-,13+/m0/s1. The molecule has 1 aromatic carbocycles. The van der Waals surface area contributed by atoms with Crippen molar-refractivity contribution in [2.45, 2.75) is 11.6 Å². The maximum absolute atomic E-state index is 6.37. The molecule has 0 unspecified atom stereocenters.